The van der Waals surface area contributed by atoms with E-state index < -0.39 is 0 Å². The van der Waals surface area contributed by atoms with Crippen LogP contribution in [0.1, 0.15) is 10.6 Å². The van der Waals surface area contributed by atoms with Gasteiger partial charge in [-0.25, -0.2) is 9.97 Å². The summed E-state index contributed by atoms with van der Waals surface area (Å²) in [4.78, 5) is 16.1. The SMILES string of the molecule is CNc1cncc(N(C)Cc2scnc2C)n1. The Labute approximate surface area is 105 Å². The highest BCUT2D eigenvalue weighted by molar-refractivity contribution is 7.09. The monoisotopic (exact) mass is 249 g/mol. The molecule has 0 aromatic carbocycles. The lowest BCUT2D eigenvalue weighted by Gasteiger charge is -2.17. The van der Waals surface area contributed by atoms with E-state index >= 15 is 0 Å². The number of anilines is 2. The van der Waals surface area contributed by atoms with E-state index in [-0.39, 0.29) is 0 Å². The smallest absolute Gasteiger partial charge is 0.149 e. The molecule has 0 saturated heterocycles. The van der Waals surface area contributed by atoms with Gasteiger partial charge >= 0.3 is 0 Å². The van der Waals surface area contributed by atoms with Crippen LogP contribution in [0.4, 0.5) is 11.6 Å². The van der Waals surface area contributed by atoms with Crippen LogP contribution in [0.2, 0.25) is 0 Å². The highest BCUT2D eigenvalue weighted by Gasteiger charge is 2.08. The number of aryl methyl sites for hydroxylation is 1. The minimum atomic E-state index is 0.773. The molecule has 0 atom stereocenters. The normalized spacial score (nSPS) is 10.3. The molecule has 0 saturated carbocycles. The summed E-state index contributed by atoms with van der Waals surface area (Å²) in [6.45, 7) is 2.83. The molecule has 0 unspecified atom stereocenters. The fourth-order valence-electron chi connectivity index (χ4n) is 1.43. The van der Waals surface area contributed by atoms with Crippen molar-refractivity contribution >= 4 is 23.0 Å². The standard InChI is InChI=1S/C11H15N5S/c1-8-9(17-7-14-8)6-16(3)11-5-13-4-10(12-2)15-11/h4-5,7H,6H2,1-3H3,(H,12,15). The van der Waals surface area contributed by atoms with E-state index in [0.717, 1.165) is 23.9 Å². The molecular weight excluding hydrogens is 234 g/mol. The second-order valence-electron chi connectivity index (χ2n) is 3.73. The Hall–Kier alpha value is -1.69. The summed E-state index contributed by atoms with van der Waals surface area (Å²) in [6, 6.07) is 0. The third-order valence-electron chi connectivity index (χ3n) is 2.49. The van der Waals surface area contributed by atoms with Gasteiger partial charge in [-0.2, -0.15) is 0 Å². The zero-order valence-electron chi connectivity index (χ0n) is 10.1. The summed E-state index contributed by atoms with van der Waals surface area (Å²) in [5, 5.41) is 2.98. The lowest BCUT2D eigenvalue weighted by atomic mass is 10.3. The minimum Gasteiger partial charge on any atom is -0.372 e. The minimum absolute atomic E-state index is 0.773. The average Bonchev–Trinajstić information content (AvgIpc) is 2.75. The molecule has 2 aromatic heterocycles. The lowest BCUT2D eigenvalue weighted by molar-refractivity contribution is 0.894. The highest BCUT2D eigenvalue weighted by Crippen LogP contribution is 2.18. The van der Waals surface area contributed by atoms with Crippen LogP contribution >= 0.6 is 11.3 Å². The highest BCUT2D eigenvalue weighted by atomic mass is 32.1. The summed E-state index contributed by atoms with van der Waals surface area (Å²) < 4.78 is 0. The van der Waals surface area contributed by atoms with Gasteiger partial charge in [-0.05, 0) is 6.92 Å². The molecule has 2 heterocycles. The first-order valence-electron chi connectivity index (χ1n) is 5.30. The summed E-state index contributed by atoms with van der Waals surface area (Å²) >= 11 is 1.67. The predicted octanol–water partition coefficient (Wildman–Crippen LogP) is 1.92. The lowest BCUT2D eigenvalue weighted by Crippen LogP contribution is -2.18. The number of nitrogens with one attached hydrogen (secondary N) is 1. The quantitative estimate of drug-likeness (QED) is 0.897. The van der Waals surface area contributed by atoms with Crippen LogP contribution in [0, 0.1) is 6.92 Å². The third-order valence-corrected chi connectivity index (χ3v) is 3.41. The number of aromatic nitrogens is 3. The Bertz CT molecular complexity index is 496. The Morgan fingerprint density at radius 2 is 2.24 bits per heavy atom. The van der Waals surface area contributed by atoms with Crippen LogP contribution in [0.3, 0.4) is 0 Å². The Kier molecular flexibility index (Phi) is 3.53. The van der Waals surface area contributed by atoms with Gasteiger partial charge in [0, 0.05) is 19.0 Å². The van der Waals surface area contributed by atoms with Crippen molar-refractivity contribution in [3.05, 3.63) is 28.5 Å². The number of rotatable bonds is 4. The molecule has 0 amide bonds. The van der Waals surface area contributed by atoms with E-state index in [1.165, 1.54) is 4.88 Å². The zero-order valence-corrected chi connectivity index (χ0v) is 11.0. The first-order chi connectivity index (χ1) is 8.20. The van der Waals surface area contributed by atoms with Crippen molar-refractivity contribution in [1.82, 2.24) is 15.0 Å². The molecule has 0 aliphatic rings. The van der Waals surface area contributed by atoms with Gasteiger partial charge in [0.15, 0.2) is 0 Å². The van der Waals surface area contributed by atoms with Crippen molar-refractivity contribution < 1.29 is 0 Å². The maximum absolute atomic E-state index is 4.44. The average molecular weight is 249 g/mol. The molecule has 90 valence electrons. The van der Waals surface area contributed by atoms with E-state index in [1.807, 2.05) is 26.5 Å². The zero-order chi connectivity index (χ0) is 12.3. The largest absolute Gasteiger partial charge is 0.372 e. The van der Waals surface area contributed by atoms with Crippen molar-refractivity contribution in [3.8, 4) is 0 Å². The topological polar surface area (TPSA) is 53.9 Å². The Balaban J connectivity index is 2.14. The van der Waals surface area contributed by atoms with E-state index in [2.05, 4.69) is 25.2 Å². The number of thiazole rings is 1. The van der Waals surface area contributed by atoms with E-state index in [9.17, 15) is 0 Å². The number of hydrogen-bond donors (Lipinski definition) is 1. The molecule has 0 fully saturated rings. The first-order valence-corrected chi connectivity index (χ1v) is 6.18. The Morgan fingerprint density at radius 1 is 1.41 bits per heavy atom. The molecule has 0 bridgehead atoms. The van der Waals surface area contributed by atoms with Crippen molar-refractivity contribution in [2.45, 2.75) is 13.5 Å². The van der Waals surface area contributed by atoms with Crippen LogP contribution in [0.25, 0.3) is 0 Å². The predicted molar refractivity (Wildman–Crippen MR) is 70.5 cm³/mol. The maximum atomic E-state index is 4.44. The Morgan fingerprint density at radius 3 is 2.88 bits per heavy atom. The molecule has 0 aliphatic heterocycles. The molecule has 2 aromatic rings. The molecule has 1 N–H and O–H groups in total. The van der Waals surface area contributed by atoms with E-state index in [1.54, 1.807) is 23.7 Å². The summed E-state index contributed by atoms with van der Waals surface area (Å²) in [7, 11) is 3.84. The van der Waals surface area contributed by atoms with Crippen molar-refractivity contribution in [2.75, 3.05) is 24.3 Å². The third kappa shape index (κ3) is 2.71. The molecule has 0 aliphatic carbocycles. The van der Waals surface area contributed by atoms with Gasteiger partial charge in [0.1, 0.15) is 11.6 Å². The molecular formula is C11H15N5S. The van der Waals surface area contributed by atoms with Gasteiger partial charge in [-0.15, -0.1) is 11.3 Å². The molecule has 6 heteroatoms. The second-order valence-corrected chi connectivity index (χ2v) is 4.67. The van der Waals surface area contributed by atoms with Crippen LogP contribution in [0.5, 0.6) is 0 Å². The van der Waals surface area contributed by atoms with E-state index in [0.29, 0.717) is 0 Å². The van der Waals surface area contributed by atoms with E-state index in [4.69, 9.17) is 0 Å². The van der Waals surface area contributed by atoms with Crippen LogP contribution in [-0.4, -0.2) is 29.0 Å². The van der Waals surface area contributed by atoms with Gasteiger partial charge < -0.3 is 10.2 Å². The molecule has 0 radical (unpaired) electrons. The fourth-order valence-corrected chi connectivity index (χ4v) is 2.26. The van der Waals surface area contributed by atoms with Gasteiger partial charge in [0.25, 0.3) is 0 Å². The summed E-state index contributed by atoms with van der Waals surface area (Å²) in [6.07, 6.45) is 3.46. The van der Waals surface area contributed by atoms with Gasteiger partial charge in [-0.3, -0.25) is 4.98 Å². The van der Waals surface area contributed by atoms with Gasteiger partial charge in [0.05, 0.1) is 30.1 Å². The fraction of sp³-hybridized carbons (Fsp3) is 0.364. The second kappa shape index (κ2) is 5.09. The van der Waals surface area contributed by atoms with Crippen LogP contribution in [0.15, 0.2) is 17.9 Å². The summed E-state index contributed by atoms with van der Waals surface area (Å²) in [5.41, 5.74) is 2.95. The van der Waals surface area contributed by atoms with Gasteiger partial charge in [0.2, 0.25) is 0 Å². The van der Waals surface area contributed by atoms with Crippen molar-refractivity contribution in [3.63, 3.8) is 0 Å². The van der Waals surface area contributed by atoms with Crippen molar-refractivity contribution in [1.29, 1.82) is 0 Å². The summed E-state index contributed by atoms with van der Waals surface area (Å²) in [5.74, 6) is 1.63. The van der Waals surface area contributed by atoms with Crippen molar-refractivity contribution in [2.24, 2.45) is 0 Å². The molecule has 2 rings (SSSR count). The molecule has 0 spiro atoms. The first kappa shape index (κ1) is 11.8. The van der Waals surface area contributed by atoms with Crippen LogP contribution in [-0.2, 0) is 6.54 Å². The number of nitrogens with zero attached hydrogens (tertiary/aromatic N) is 4. The molecule has 17 heavy (non-hydrogen) atoms. The number of hydrogen-bond acceptors (Lipinski definition) is 6. The van der Waals surface area contributed by atoms with Crippen LogP contribution < -0.4 is 10.2 Å². The maximum Gasteiger partial charge on any atom is 0.149 e. The van der Waals surface area contributed by atoms with Gasteiger partial charge in [-0.1, -0.05) is 0 Å². The molecule has 5 nitrogen and oxygen atoms in total.